The highest BCUT2D eigenvalue weighted by Crippen LogP contribution is 2.28. The molecular formula is C21H16N4O2S. The summed E-state index contributed by atoms with van der Waals surface area (Å²) in [6.07, 6.45) is 0. The van der Waals surface area contributed by atoms with Crippen molar-refractivity contribution in [2.75, 3.05) is 7.11 Å². The Morgan fingerprint density at radius 2 is 1.75 bits per heavy atom. The summed E-state index contributed by atoms with van der Waals surface area (Å²) in [6, 6.07) is 22.0. The number of aromatic nitrogens is 4. The summed E-state index contributed by atoms with van der Waals surface area (Å²) in [5, 5.41) is 16.2. The number of fused-ring (bicyclic) bond motifs is 2. The topological polar surface area (TPSA) is 61.5 Å². The summed E-state index contributed by atoms with van der Waals surface area (Å²) in [5.74, 6) is 2.30. The third kappa shape index (κ3) is 2.95. The van der Waals surface area contributed by atoms with Gasteiger partial charge in [0.25, 0.3) is 0 Å². The van der Waals surface area contributed by atoms with E-state index in [1.165, 1.54) is 11.3 Å². The lowest BCUT2D eigenvalue weighted by Gasteiger charge is -2.07. The Hall–Kier alpha value is -3.45. The summed E-state index contributed by atoms with van der Waals surface area (Å²) in [5.41, 5.74) is 1.01. The first-order chi connectivity index (χ1) is 13.8. The third-order valence-electron chi connectivity index (χ3n) is 4.50. The minimum atomic E-state index is 0.293. The number of hydrogen-bond acceptors (Lipinski definition) is 6. The Balaban J connectivity index is 1.42. The second kappa shape index (κ2) is 6.94. The molecule has 0 N–H and O–H groups in total. The SMILES string of the molecule is COc1ccc(-c2nn3c(COc4cccc5ccccc45)nnc3s2)cc1. The van der Waals surface area contributed by atoms with E-state index < -0.39 is 0 Å². The molecule has 0 aliphatic heterocycles. The van der Waals surface area contributed by atoms with Crippen LogP contribution in [0.25, 0.3) is 26.3 Å². The van der Waals surface area contributed by atoms with Crippen LogP contribution < -0.4 is 9.47 Å². The maximum atomic E-state index is 6.04. The second-order valence-electron chi connectivity index (χ2n) is 6.21. The molecule has 0 bridgehead atoms. The zero-order chi connectivity index (χ0) is 18.9. The molecule has 5 rings (SSSR count). The minimum absolute atomic E-state index is 0.293. The van der Waals surface area contributed by atoms with Gasteiger partial charge in [0.2, 0.25) is 4.96 Å². The Morgan fingerprint density at radius 1 is 0.929 bits per heavy atom. The second-order valence-corrected chi connectivity index (χ2v) is 7.17. The van der Waals surface area contributed by atoms with Crippen LogP contribution in [0.3, 0.4) is 0 Å². The van der Waals surface area contributed by atoms with Crippen LogP contribution in [0.4, 0.5) is 0 Å². The van der Waals surface area contributed by atoms with Crippen molar-refractivity contribution in [1.82, 2.24) is 19.8 Å². The van der Waals surface area contributed by atoms with Gasteiger partial charge >= 0.3 is 0 Å². The minimum Gasteiger partial charge on any atom is -0.497 e. The van der Waals surface area contributed by atoms with E-state index in [1.807, 2.05) is 48.5 Å². The van der Waals surface area contributed by atoms with Crippen LogP contribution in [0, 0.1) is 0 Å². The third-order valence-corrected chi connectivity index (χ3v) is 5.45. The molecule has 5 aromatic rings. The molecular weight excluding hydrogens is 372 g/mol. The molecule has 6 nitrogen and oxygen atoms in total. The lowest BCUT2D eigenvalue weighted by atomic mass is 10.1. The molecule has 0 amide bonds. The fraction of sp³-hybridized carbons (Fsp3) is 0.0952. The predicted molar refractivity (Wildman–Crippen MR) is 109 cm³/mol. The lowest BCUT2D eigenvalue weighted by Crippen LogP contribution is -2.02. The lowest BCUT2D eigenvalue weighted by molar-refractivity contribution is 0.296. The summed E-state index contributed by atoms with van der Waals surface area (Å²) >= 11 is 1.49. The number of rotatable bonds is 5. The average molecular weight is 388 g/mol. The van der Waals surface area contributed by atoms with Crippen LogP contribution in [-0.2, 0) is 6.61 Å². The van der Waals surface area contributed by atoms with E-state index in [2.05, 4.69) is 33.5 Å². The van der Waals surface area contributed by atoms with Crippen LogP contribution in [-0.4, -0.2) is 26.9 Å². The average Bonchev–Trinajstić information content (AvgIpc) is 3.33. The first-order valence-electron chi connectivity index (χ1n) is 8.78. The van der Waals surface area contributed by atoms with Gasteiger partial charge in [-0.15, -0.1) is 10.2 Å². The number of benzene rings is 3. The largest absolute Gasteiger partial charge is 0.497 e. The van der Waals surface area contributed by atoms with Crippen LogP contribution in [0.5, 0.6) is 11.5 Å². The quantitative estimate of drug-likeness (QED) is 0.441. The van der Waals surface area contributed by atoms with Crippen LogP contribution >= 0.6 is 11.3 Å². The van der Waals surface area contributed by atoms with Crippen molar-refractivity contribution in [2.24, 2.45) is 0 Å². The van der Waals surface area contributed by atoms with Gasteiger partial charge in [0.05, 0.1) is 7.11 Å². The van der Waals surface area contributed by atoms with Crippen LogP contribution in [0.2, 0.25) is 0 Å². The summed E-state index contributed by atoms with van der Waals surface area (Å²) < 4.78 is 13.0. The van der Waals surface area contributed by atoms with Gasteiger partial charge in [0.1, 0.15) is 23.1 Å². The molecule has 0 fully saturated rings. The standard InChI is InChI=1S/C21H16N4O2S/c1-26-16-11-9-15(10-12-16)20-24-25-19(22-23-21(25)28-20)13-27-18-8-4-6-14-5-2-3-7-17(14)18/h2-12H,13H2,1H3. The van der Waals surface area contributed by atoms with E-state index in [0.29, 0.717) is 12.4 Å². The fourth-order valence-corrected chi connectivity index (χ4v) is 3.93. The van der Waals surface area contributed by atoms with Crippen molar-refractivity contribution in [3.63, 3.8) is 0 Å². The molecule has 2 heterocycles. The summed E-state index contributed by atoms with van der Waals surface area (Å²) in [6.45, 7) is 0.293. The smallest absolute Gasteiger partial charge is 0.235 e. The molecule has 7 heteroatoms. The molecule has 0 spiro atoms. The van der Waals surface area contributed by atoms with Crippen molar-refractivity contribution >= 4 is 27.1 Å². The Labute approximate surface area is 165 Å². The van der Waals surface area contributed by atoms with E-state index in [0.717, 1.165) is 37.8 Å². The first kappa shape index (κ1) is 16.7. The van der Waals surface area contributed by atoms with Gasteiger partial charge in [0, 0.05) is 10.9 Å². The molecule has 0 radical (unpaired) electrons. The number of nitrogens with zero attached hydrogens (tertiary/aromatic N) is 4. The molecule has 0 unspecified atom stereocenters. The summed E-state index contributed by atoms with van der Waals surface area (Å²) in [4.78, 5) is 0.738. The van der Waals surface area contributed by atoms with Gasteiger partial charge < -0.3 is 9.47 Å². The Kier molecular flexibility index (Phi) is 4.14. The zero-order valence-electron chi connectivity index (χ0n) is 15.1. The van der Waals surface area contributed by atoms with Gasteiger partial charge in [-0.05, 0) is 35.7 Å². The van der Waals surface area contributed by atoms with Crippen LogP contribution in [0.15, 0.2) is 66.7 Å². The van der Waals surface area contributed by atoms with Crippen LogP contribution in [0.1, 0.15) is 5.82 Å². The van der Waals surface area contributed by atoms with Gasteiger partial charge in [-0.1, -0.05) is 47.7 Å². The van der Waals surface area contributed by atoms with E-state index in [9.17, 15) is 0 Å². The van der Waals surface area contributed by atoms with E-state index in [-0.39, 0.29) is 0 Å². The van der Waals surface area contributed by atoms with Crippen molar-refractivity contribution in [1.29, 1.82) is 0 Å². The van der Waals surface area contributed by atoms with Gasteiger partial charge in [-0.2, -0.15) is 9.61 Å². The highest BCUT2D eigenvalue weighted by atomic mass is 32.1. The van der Waals surface area contributed by atoms with Crippen molar-refractivity contribution in [3.8, 4) is 22.1 Å². The normalized spacial score (nSPS) is 11.2. The molecule has 0 saturated heterocycles. The number of methoxy groups -OCH3 is 1. The highest BCUT2D eigenvalue weighted by molar-refractivity contribution is 7.19. The van der Waals surface area contributed by atoms with Crippen molar-refractivity contribution in [2.45, 2.75) is 6.61 Å². The zero-order valence-corrected chi connectivity index (χ0v) is 15.9. The molecule has 28 heavy (non-hydrogen) atoms. The molecule has 0 atom stereocenters. The number of hydrogen-bond donors (Lipinski definition) is 0. The molecule has 0 aliphatic rings. The predicted octanol–water partition coefficient (Wildman–Crippen LogP) is 4.59. The van der Waals surface area contributed by atoms with Crippen molar-refractivity contribution in [3.05, 3.63) is 72.6 Å². The van der Waals surface area contributed by atoms with E-state index in [4.69, 9.17) is 9.47 Å². The Morgan fingerprint density at radius 3 is 2.61 bits per heavy atom. The van der Waals surface area contributed by atoms with E-state index >= 15 is 0 Å². The van der Waals surface area contributed by atoms with E-state index in [1.54, 1.807) is 11.6 Å². The van der Waals surface area contributed by atoms with Gasteiger partial charge in [-0.25, -0.2) is 0 Å². The molecule has 0 saturated carbocycles. The molecule has 138 valence electrons. The fourth-order valence-electron chi connectivity index (χ4n) is 3.06. The van der Waals surface area contributed by atoms with Gasteiger partial charge in [-0.3, -0.25) is 0 Å². The highest BCUT2D eigenvalue weighted by Gasteiger charge is 2.14. The Bertz CT molecular complexity index is 1260. The molecule has 0 aliphatic carbocycles. The van der Waals surface area contributed by atoms with Gasteiger partial charge in [0.15, 0.2) is 5.82 Å². The monoisotopic (exact) mass is 388 g/mol. The maximum Gasteiger partial charge on any atom is 0.235 e. The molecule has 3 aromatic carbocycles. The summed E-state index contributed by atoms with van der Waals surface area (Å²) in [7, 11) is 1.65. The molecule has 2 aromatic heterocycles. The first-order valence-corrected chi connectivity index (χ1v) is 9.59. The number of ether oxygens (including phenoxy) is 2. The van der Waals surface area contributed by atoms with Crippen molar-refractivity contribution < 1.29 is 9.47 Å². The maximum absolute atomic E-state index is 6.04.